The van der Waals surface area contributed by atoms with Crippen molar-refractivity contribution >= 4 is 28.8 Å². The van der Waals surface area contributed by atoms with Crippen molar-refractivity contribution in [2.75, 3.05) is 19.6 Å². The third kappa shape index (κ3) is 4.82. The maximum Gasteiger partial charge on any atom is 0.261 e. The van der Waals surface area contributed by atoms with Crippen LogP contribution in [0, 0.1) is 5.92 Å². The highest BCUT2D eigenvalue weighted by atomic mass is 35.5. The van der Waals surface area contributed by atoms with Gasteiger partial charge in [0.05, 0.1) is 15.8 Å². The Morgan fingerprint density at radius 1 is 1.21 bits per heavy atom. The van der Waals surface area contributed by atoms with Crippen molar-refractivity contribution < 1.29 is 9.32 Å². The zero-order valence-corrected chi connectivity index (χ0v) is 17.0. The fourth-order valence-corrected chi connectivity index (χ4v) is 4.42. The SMILES string of the molecule is O=C(NCC1CCN(Cc2cc(-c3ccccc3)no2)CC1)c1ccc(Cl)s1. The number of likely N-dealkylation sites (tertiary alicyclic amines) is 1. The van der Waals surface area contributed by atoms with Crippen LogP contribution in [0.15, 0.2) is 53.1 Å². The number of hydrogen-bond donors (Lipinski definition) is 1. The molecule has 1 fully saturated rings. The van der Waals surface area contributed by atoms with E-state index in [2.05, 4.69) is 15.4 Å². The van der Waals surface area contributed by atoms with E-state index in [1.807, 2.05) is 36.4 Å². The van der Waals surface area contributed by atoms with Gasteiger partial charge in [0.15, 0.2) is 5.76 Å². The average Bonchev–Trinajstić information content (AvgIpc) is 3.37. The summed E-state index contributed by atoms with van der Waals surface area (Å²) < 4.78 is 6.16. The summed E-state index contributed by atoms with van der Waals surface area (Å²) in [5.41, 5.74) is 1.95. The minimum absolute atomic E-state index is 0.0329. The van der Waals surface area contributed by atoms with Crippen LogP contribution in [0.2, 0.25) is 4.34 Å². The monoisotopic (exact) mass is 415 g/mol. The summed E-state index contributed by atoms with van der Waals surface area (Å²) in [5, 5.41) is 7.22. The van der Waals surface area contributed by atoms with Gasteiger partial charge in [0, 0.05) is 18.2 Å². The lowest BCUT2D eigenvalue weighted by Crippen LogP contribution is -2.38. The molecule has 0 spiro atoms. The standard InChI is InChI=1S/C21H22ClN3O2S/c22-20-7-6-19(28-20)21(26)23-13-15-8-10-25(11-9-15)14-17-12-18(24-27-17)16-4-2-1-3-5-16/h1-7,12,15H,8-11,13-14H2,(H,23,26). The predicted molar refractivity (Wildman–Crippen MR) is 112 cm³/mol. The number of carbonyl (C=O) groups is 1. The van der Waals surface area contributed by atoms with Crippen LogP contribution >= 0.6 is 22.9 Å². The Kier molecular flexibility index (Phi) is 6.10. The number of rotatable bonds is 6. The molecule has 4 rings (SSSR count). The van der Waals surface area contributed by atoms with Crippen molar-refractivity contribution in [3.8, 4) is 11.3 Å². The van der Waals surface area contributed by atoms with Crippen LogP contribution in [0.25, 0.3) is 11.3 Å². The van der Waals surface area contributed by atoms with Gasteiger partial charge in [0.25, 0.3) is 5.91 Å². The molecule has 0 aliphatic carbocycles. The summed E-state index contributed by atoms with van der Waals surface area (Å²) in [6.07, 6.45) is 2.12. The number of nitrogens with zero attached hydrogens (tertiary/aromatic N) is 2. The first-order chi connectivity index (χ1) is 13.7. The molecule has 3 aromatic rings. The van der Waals surface area contributed by atoms with Crippen LogP contribution in [0.1, 0.15) is 28.3 Å². The van der Waals surface area contributed by atoms with Gasteiger partial charge in [-0.05, 0) is 44.0 Å². The number of piperidine rings is 1. The molecule has 0 radical (unpaired) electrons. The molecule has 5 nitrogen and oxygen atoms in total. The van der Waals surface area contributed by atoms with Crippen molar-refractivity contribution in [3.63, 3.8) is 0 Å². The molecule has 0 atom stereocenters. The molecule has 1 aliphatic rings. The Labute approximate surface area is 173 Å². The number of amides is 1. The van der Waals surface area contributed by atoms with E-state index in [-0.39, 0.29) is 5.91 Å². The second-order valence-electron chi connectivity index (χ2n) is 7.08. The van der Waals surface area contributed by atoms with Crippen molar-refractivity contribution in [1.29, 1.82) is 0 Å². The highest BCUT2D eigenvalue weighted by Crippen LogP contribution is 2.23. The first-order valence-electron chi connectivity index (χ1n) is 9.44. The average molecular weight is 416 g/mol. The molecular formula is C21H22ClN3O2S. The van der Waals surface area contributed by atoms with Gasteiger partial charge in [-0.3, -0.25) is 9.69 Å². The van der Waals surface area contributed by atoms with Crippen LogP contribution in [0.4, 0.5) is 0 Å². The lowest BCUT2D eigenvalue weighted by atomic mass is 9.96. The molecule has 3 heterocycles. The van der Waals surface area contributed by atoms with Crippen molar-refractivity contribution in [2.24, 2.45) is 5.92 Å². The number of hydrogen-bond acceptors (Lipinski definition) is 5. The van der Waals surface area contributed by atoms with Gasteiger partial charge in [0.1, 0.15) is 5.69 Å². The molecule has 1 aliphatic heterocycles. The van der Waals surface area contributed by atoms with Crippen LogP contribution in [-0.2, 0) is 6.54 Å². The van der Waals surface area contributed by atoms with E-state index in [1.54, 1.807) is 12.1 Å². The van der Waals surface area contributed by atoms with Crippen LogP contribution in [-0.4, -0.2) is 35.6 Å². The lowest BCUT2D eigenvalue weighted by molar-refractivity contribution is 0.0937. The molecule has 1 N–H and O–H groups in total. The topological polar surface area (TPSA) is 58.4 Å². The van der Waals surface area contributed by atoms with E-state index < -0.39 is 0 Å². The van der Waals surface area contributed by atoms with Gasteiger partial charge in [-0.1, -0.05) is 47.1 Å². The van der Waals surface area contributed by atoms with Gasteiger partial charge in [-0.25, -0.2) is 0 Å². The normalized spacial score (nSPS) is 15.6. The molecule has 28 heavy (non-hydrogen) atoms. The summed E-state index contributed by atoms with van der Waals surface area (Å²) in [5.74, 6) is 1.36. The van der Waals surface area contributed by atoms with Gasteiger partial charge < -0.3 is 9.84 Å². The number of thiophene rings is 1. The van der Waals surface area contributed by atoms with Crippen molar-refractivity contribution in [2.45, 2.75) is 19.4 Å². The maximum absolute atomic E-state index is 12.1. The van der Waals surface area contributed by atoms with Crippen molar-refractivity contribution in [1.82, 2.24) is 15.4 Å². The minimum Gasteiger partial charge on any atom is -0.359 e. The Morgan fingerprint density at radius 2 is 2.00 bits per heavy atom. The van der Waals surface area contributed by atoms with Gasteiger partial charge >= 0.3 is 0 Å². The second-order valence-corrected chi connectivity index (χ2v) is 8.79. The Hall–Kier alpha value is -2.15. The van der Waals surface area contributed by atoms with Crippen LogP contribution < -0.4 is 5.32 Å². The first kappa shape index (κ1) is 19.2. The fourth-order valence-electron chi connectivity index (χ4n) is 3.46. The summed E-state index contributed by atoms with van der Waals surface area (Å²) in [4.78, 5) is 15.2. The van der Waals surface area contributed by atoms with Gasteiger partial charge in [0.2, 0.25) is 0 Å². The first-order valence-corrected chi connectivity index (χ1v) is 10.6. The largest absolute Gasteiger partial charge is 0.359 e. The van der Waals surface area contributed by atoms with Crippen molar-refractivity contribution in [3.05, 3.63) is 63.5 Å². The predicted octanol–water partition coefficient (Wildman–Crippen LogP) is 4.70. The molecule has 7 heteroatoms. The fraction of sp³-hybridized carbons (Fsp3) is 0.333. The molecule has 1 amide bonds. The highest BCUT2D eigenvalue weighted by molar-refractivity contribution is 7.17. The zero-order valence-electron chi connectivity index (χ0n) is 15.4. The third-order valence-corrected chi connectivity index (χ3v) is 6.29. The molecule has 0 saturated carbocycles. The Balaban J connectivity index is 1.22. The highest BCUT2D eigenvalue weighted by Gasteiger charge is 2.21. The van der Waals surface area contributed by atoms with Crippen LogP contribution in [0.3, 0.4) is 0 Å². The number of nitrogens with one attached hydrogen (secondary N) is 1. The Bertz CT molecular complexity index is 917. The zero-order chi connectivity index (χ0) is 19.3. The van der Waals surface area contributed by atoms with E-state index in [4.69, 9.17) is 16.1 Å². The molecule has 2 aromatic heterocycles. The van der Waals surface area contributed by atoms with E-state index in [0.717, 1.165) is 49.5 Å². The number of halogens is 1. The molecule has 0 bridgehead atoms. The summed E-state index contributed by atoms with van der Waals surface area (Å²) >= 11 is 7.21. The molecule has 146 valence electrons. The summed E-state index contributed by atoms with van der Waals surface area (Å²) in [6.45, 7) is 3.47. The summed E-state index contributed by atoms with van der Waals surface area (Å²) in [6, 6.07) is 15.6. The minimum atomic E-state index is -0.0329. The molecular weight excluding hydrogens is 394 g/mol. The number of aromatic nitrogens is 1. The van der Waals surface area contributed by atoms with E-state index >= 15 is 0 Å². The molecule has 1 aromatic carbocycles. The van der Waals surface area contributed by atoms with Crippen LogP contribution in [0.5, 0.6) is 0 Å². The molecule has 1 saturated heterocycles. The Morgan fingerprint density at radius 3 is 2.71 bits per heavy atom. The van der Waals surface area contributed by atoms with E-state index in [1.165, 1.54) is 11.3 Å². The number of carbonyl (C=O) groups excluding carboxylic acids is 1. The summed E-state index contributed by atoms with van der Waals surface area (Å²) in [7, 11) is 0. The van der Waals surface area contributed by atoms with Gasteiger partial charge in [-0.2, -0.15) is 0 Å². The van der Waals surface area contributed by atoms with E-state index in [9.17, 15) is 4.79 Å². The lowest BCUT2D eigenvalue weighted by Gasteiger charge is -2.31. The second kappa shape index (κ2) is 8.90. The molecule has 0 unspecified atom stereocenters. The number of benzene rings is 1. The van der Waals surface area contributed by atoms with Gasteiger partial charge in [-0.15, -0.1) is 11.3 Å². The smallest absolute Gasteiger partial charge is 0.261 e. The maximum atomic E-state index is 12.1. The van der Waals surface area contributed by atoms with E-state index in [0.29, 0.717) is 21.7 Å². The quantitative estimate of drug-likeness (QED) is 0.634. The third-order valence-electron chi connectivity index (χ3n) is 5.06.